The summed E-state index contributed by atoms with van der Waals surface area (Å²) in [7, 11) is 1.99. The molecule has 0 saturated heterocycles. The molecule has 2 fully saturated rings. The highest BCUT2D eigenvalue weighted by Crippen LogP contribution is 2.51. The average Bonchev–Trinajstić information content (AvgIpc) is 3.38. The first-order chi connectivity index (χ1) is 15.5. The second kappa shape index (κ2) is 6.67. The maximum atomic E-state index is 13.4. The van der Waals surface area contributed by atoms with E-state index in [0.717, 1.165) is 53.7 Å². The van der Waals surface area contributed by atoms with Crippen LogP contribution in [0.25, 0.3) is 16.6 Å². The number of aryl methyl sites for hydroxylation is 1. The Morgan fingerprint density at radius 1 is 1.28 bits per heavy atom. The number of nitriles is 1. The summed E-state index contributed by atoms with van der Waals surface area (Å²) in [4.78, 5) is 16.5. The van der Waals surface area contributed by atoms with Gasteiger partial charge >= 0.3 is 0 Å². The van der Waals surface area contributed by atoms with Crippen LogP contribution >= 0.6 is 0 Å². The van der Waals surface area contributed by atoms with Gasteiger partial charge in [0.15, 0.2) is 0 Å². The van der Waals surface area contributed by atoms with E-state index in [9.17, 15) is 10.1 Å². The highest BCUT2D eigenvalue weighted by Gasteiger charge is 2.48. The number of aromatic nitrogens is 5. The van der Waals surface area contributed by atoms with E-state index in [1.54, 1.807) is 17.1 Å². The Morgan fingerprint density at radius 3 is 2.75 bits per heavy atom. The van der Waals surface area contributed by atoms with Gasteiger partial charge in [-0.2, -0.15) is 5.26 Å². The lowest BCUT2D eigenvalue weighted by Crippen LogP contribution is -2.43. The van der Waals surface area contributed by atoms with Gasteiger partial charge in [0.25, 0.3) is 5.56 Å². The number of hydrogen-bond donors (Lipinski definition) is 1. The van der Waals surface area contributed by atoms with E-state index in [2.05, 4.69) is 40.3 Å². The lowest BCUT2D eigenvalue weighted by atomic mass is 9.58. The summed E-state index contributed by atoms with van der Waals surface area (Å²) >= 11 is 0. The fourth-order valence-corrected chi connectivity index (χ4v) is 5.61. The minimum Gasteiger partial charge on any atom is -0.355 e. The number of H-pyrrole nitrogens is 1. The van der Waals surface area contributed by atoms with Crippen molar-refractivity contribution in [2.45, 2.75) is 43.9 Å². The van der Waals surface area contributed by atoms with E-state index < -0.39 is 0 Å². The number of nitrogens with zero attached hydrogens (tertiary/aromatic N) is 5. The number of pyridine rings is 1. The first-order valence-electron chi connectivity index (χ1n) is 11.1. The van der Waals surface area contributed by atoms with Crippen molar-refractivity contribution in [2.24, 2.45) is 13.0 Å². The molecule has 0 bridgehead atoms. The Kier molecular flexibility index (Phi) is 3.97. The van der Waals surface area contributed by atoms with Crippen LogP contribution in [0.15, 0.2) is 47.8 Å². The molecule has 6 rings (SSSR count). The molecule has 32 heavy (non-hydrogen) atoms. The number of fused-ring (bicyclic) bond motifs is 1. The first-order valence-corrected chi connectivity index (χ1v) is 11.1. The standard InChI is InChI=1S/C25H24N6O/c1-15-9-25(10-15,24-29-28-14-30(24)2)18-4-3-5-19(8-18)31-13-20(16-6-7-16)21-17(11-26)12-27-22(21)23(31)32/h3-5,8,12-16,27H,6-7,9-10H2,1-2H3. The number of nitrogens with one attached hydrogen (secondary N) is 1. The molecule has 0 radical (unpaired) electrons. The fraction of sp³-hybridized carbons (Fsp3) is 0.360. The van der Waals surface area contributed by atoms with Crippen LogP contribution in [0, 0.1) is 17.2 Å². The van der Waals surface area contributed by atoms with Crippen molar-refractivity contribution < 1.29 is 0 Å². The van der Waals surface area contributed by atoms with Crippen molar-refractivity contribution in [1.29, 1.82) is 5.26 Å². The average molecular weight is 425 g/mol. The molecule has 0 unspecified atom stereocenters. The summed E-state index contributed by atoms with van der Waals surface area (Å²) in [5.74, 6) is 1.99. The Morgan fingerprint density at radius 2 is 2.09 bits per heavy atom. The molecule has 2 aliphatic carbocycles. The molecule has 3 heterocycles. The molecule has 160 valence electrons. The quantitative estimate of drug-likeness (QED) is 0.538. The maximum Gasteiger partial charge on any atom is 0.279 e. The van der Waals surface area contributed by atoms with Gasteiger partial charge in [-0.3, -0.25) is 9.36 Å². The van der Waals surface area contributed by atoms with Gasteiger partial charge < -0.3 is 9.55 Å². The SMILES string of the molecule is CC1CC(c2cccc(-n3cc(C4CC4)c4c(C#N)c[nH]c4c3=O)c2)(c2nncn2C)C1. The van der Waals surface area contributed by atoms with Crippen LogP contribution < -0.4 is 5.56 Å². The first kappa shape index (κ1) is 19.1. The Hall–Kier alpha value is -3.66. The predicted molar refractivity (Wildman–Crippen MR) is 121 cm³/mol. The largest absolute Gasteiger partial charge is 0.355 e. The molecular formula is C25H24N6O. The van der Waals surface area contributed by atoms with E-state index in [0.29, 0.717) is 22.9 Å². The van der Waals surface area contributed by atoms with E-state index in [1.165, 1.54) is 0 Å². The van der Waals surface area contributed by atoms with Crippen LogP contribution in [0.2, 0.25) is 0 Å². The molecule has 0 atom stereocenters. The molecule has 2 aliphatic rings. The predicted octanol–water partition coefficient (Wildman–Crippen LogP) is 3.91. The van der Waals surface area contributed by atoms with Crippen molar-refractivity contribution in [3.63, 3.8) is 0 Å². The monoisotopic (exact) mass is 424 g/mol. The van der Waals surface area contributed by atoms with Crippen LogP contribution in [0.5, 0.6) is 0 Å². The molecule has 2 saturated carbocycles. The van der Waals surface area contributed by atoms with Crippen LogP contribution in [-0.2, 0) is 12.5 Å². The van der Waals surface area contributed by atoms with E-state index in [1.807, 2.05) is 29.9 Å². The molecule has 1 N–H and O–H groups in total. The number of rotatable bonds is 4. The molecule has 7 heteroatoms. The molecule has 0 spiro atoms. The van der Waals surface area contributed by atoms with Gasteiger partial charge in [-0.25, -0.2) is 0 Å². The van der Waals surface area contributed by atoms with Crippen molar-refractivity contribution in [2.75, 3.05) is 0 Å². The Bertz CT molecular complexity index is 1460. The fourth-order valence-electron chi connectivity index (χ4n) is 5.61. The molecule has 0 amide bonds. The van der Waals surface area contributed by atoms with Crippen LogP contribution in [-0.4, -0.2) is 24.3 Å². The third kappa shape index (κ3) is 2.62. The van der Waals surface area contributed by atoms with Crippen molar-refractivity contribution in [3.05, 3.63) is 75.9 Å². The third-order valence-electron chi connectivity index (χ3n) is 7.22. The van der Waals surface area contributed by atoms with Gasteiger partial charge in [0.2, 0.25) is 0 Å². The highest BCUT2D eigenvalue weighted by molar-refractivity contribution is 5.89. The third-order valence-corrected chi connectivity index (χ3v) is 7.22. The maximum absolute atomic E-state index is 13.4. The van der Waals surface area contributed by atoms with Gasteiger partial charge in [-0.1, -0.05) is 19.1 Å². The summed E-state index contributed by atoms with van der Waals surface area (Å²) in [6.45, 7) is 2.26. The summed E-state index contributed by atoms with van der Waals surface area (Å²) in [5, 5.41) is 18.9. The second-order valence-electron chi connectivity index (χ2n) is 9.51. The zero-order chi connectivity index (χ0) is 22.0. The summed E-state index contributed by atoms with van der Waals surface area (Å²) in [6, 6.07) is 10.5. The summed E-state index contributed by atoms with van der Waals surface area (Å²) < 4.78 is 3.74. The van der Waals surface area contributed by atoms with Gasteiger partial charge in [-0.05, 0) is 60.8 Å². The minimum atomic E-state index is -0.186. The highest BCUT2D eigenvalue weighted by atomic mass is 16.1. The van der Waals surface area contributed by atoms with Gasteiger partial charge in [0.05, 0.1) is 11.0 Å². The van der Waals surface area contributed by atoms with E-state index in [4.69, 9.17) is 0 Å². The molecule has 4 aromatic rings. The molecular weight excluding hydrogens is 400 g/mol. The topological polar surface area (TPSA) is 92.3 Å². The van der Waals surface area contributed by atoms with Crippen LogP contribution in [0.1, 0.15) is 61.0 Å². The van der Waals surface area contributed by atoms with E-state index in [-0.39, 0.29) is 11.0 Å². The van der Waals surface area contributed by atoms with Gasteiger partial charge in [0, 0.05) is 30.5 Å². The zero-order valence-corrected chi connectivity index (χ0v) is 18.2. The number of aromatic amines is 1. The smallest absolute Gasteiger partial charge is 0.279 e. The Labute approximate surface area is 185 Å². The van der Waals surface area contributed by atoms with Crippen molar-refractivity contribution >= 4 is 10.9 Å². The lowest BCUT2D eigenvalue weighted by molar-refractivity contribution is 0.185. The normalized spacial score (nSPS) is 22.6. The van der Waals surface area contributed by atoms with E-state index >= 15 is 0 Å². The molecule has 7 nitrogen and oxygen atoms in total. The number of benzene rings is 1. The Balaban J connectivity index is 1.54. The van der Waals surface area contributed by atoms with Crippen LogP contribution in [0.4, 0.5) is 0 Å². The molecule has 3 aromatic heterocycles. The molecule has 1 aromatic carbocycles. The van der Waals surface area contributed by atoms with Crippen molar-refractivity contribution in [1.82, 2.24) is 24.3 Å². The summed E-state index contributed by atoms with van der Waals surface area (Å²) in [6.07, 6.45) is 9.56. The second-order valence-corrected chi connectivity index (χ2v) is 9.51. The lowest BCUT2D eigenvalue weighted by Gasteiger charge is -2.46. The number of hydrogen-bond acceptors (Lipinski definition) is 4. The summed E-state index contributed by atoms with van der Waals surface area (Å²) in [5.41, 5.74) is 3.83. The van der Waals surface area contributed by atoms with Gasteiger partial charge in [0.1, 0.15) is 23.7 Å². The zero-order valence-electron chi connectivity index (χ0n) is 18.2. The molecule has 0 aliphatic heterocycles. The van der Waals surface area contributed by atoms with Crippen LogP contribution in [0.3, 0.4) is 0 Å². The van der Waals surface area contributed by atoms with Gasteiger partial charge in [-0.15, -0.1) is 10.2 Å². The van der Waals surface area contributed by atoms with Crippen molar-refractivity contribution in [3.8, 4) is 11.8 Å². The minimum absolute atomic E-state index is 0.127.